The van der Waals surface area contributed by atoms with Crippen LogP contribution in [0.2, 0.25) is 0 Å². The van der Waals surface area contributed by atoms with Gasteiger partial charge in [-0.1, -0.05) is 6.92 Å². The molecular formula is C15H18N2O5. The molecule has 2 N–H and O–H groups in total. The number of nitriles is 1. The molecule has 22 heavy (non-hydrogen) atoms. The van der Waals surface area contributed by atoms with Crippen LogP contribution in [-0.4, -0.2) is 37.2 Å². The van der Waals surface area contributed by atoms with Crippen molar-refractivity contribution >= 4 is 11.9 Å². The van der Waals surface area contributed by atoms with Crippen molar-refractivity contribution in [3.63, 3.8) is 0 Å². The molecular weight excluding hydrogens is 288 g/mol. The van der Waals surface area contributed by atoms with Gasteiger partial charge in [0.05, 0.1) is 18.7 Å². The molecule has 0 heterocycles. The van der Waals surface area contributed by atoms with Gasteiger partial charge in [0.25, 0.3) is 5.91 Å². The summed E-state index contributed by atoms with van der Waals surface area (Å²) in [7, 11) is 1.44. The molecule has 0 fully saturated rings. The molecule has 0 aromatic heterocycles. The number of carbonyl (C=O) groups excluding carboxylic acids is 1. The van der Waals surface area contributed by atoms with Gasteiger partial charge in [0.15, 0.2) is 18.1 Å². The molecule has 1 atom stereocenters. The van der Waals surface area contributed by atoms with Crippen LogP contribution in [0.1, 0.15) is 18.9 Å². The summed E-state index contributed by atoms with van der Waals surface area (Å²) in [5, 5.41) is 20.0. The Labute approximate surface area is 128 Å². The molecule has 1 aromatic carbocycles. The van der Waals surface area contributed by atoms with E-state index in [1.165, 1.54) is 13.2 Å². The first-order valence-corrected chi connectivity index (χ1v) is 6.65. The zero-order valence-corrected chi connectivity index (χ0v) is 12.5. The molecule has 0 radical (unpaired) electrons. The van der Waals surface area contributed by atoms with E-state index in [2.05, 4.69) is 5.32 Å². The van der Waals surface area contributed by atoms with Gasteiger partial charge in [-0.25, -0.2) is 0 Å². The van der Waals surface area contributed by atoms with Crippen LogP contribution in [-0.2, 0) is 9.59 Å². The standard InChI is InChI=1S/C15H18N2O5/c1-10(5-15(19)20)8-17-14(18)9-22-12-4-3-11(7-16)6-13(12)21-2/h3-4,6,10H,5,8-9H2,1-2H3,(H,17,18)(H,19,20). The van der Waals surface area contributed by atoms with E-state index in [1.54, 1.807) is 19.1 Å². The fourth-order valence-electron chi connectivity index (χ4n) is 1.71. The van der Waals surface area contributed by atoms with Crippen molar-refractivity contribution in [2.75, 3.05) is 20.3 Å². The van der Waals surface area contributed by atoms with Crippen LogP contribution in [0.25, 0.3) is 0 Å². The Balaban J connectivity index is 2.47. The summed E-state index contributed by atoms with van der Waals surface area (Å²) in [6.07, 6.45) is -0.00934. The van der Waals surface area contributed by atoms with Crippen molar-refractivity contribution in [3.8, 4) is 17.6 Å². The number of ether oxygens (including phenoxy) is 2. The molecule has 118 valence electrons. The van der Waals surface area contributed by atoms with Gasteiger partial charge in [0.2, 0.25) is 0 Å². The smallest absolute Gasteiger partial charge is 0.303 e. The average Bonchev–Trinajstić information content (AvgIpc) is 2.50. The van der Waals surface area contributed by atoms with E-state index in [-0.39, 0.29) is 31.4 Å². The zero-order chi connectivity index (χ0) is 16.5. The lowest BCUT2D eigenvalue weighted by Crippen LogP contribution is -2.33. The van der Waals surface area contributed by atoms with Crippen LogP contribution in [0.5, 0.6) is 11.5 Å². The first-order valence-electron chi connectivity index (χ1n) is 6.65. The molecule has 0 bridgehead atoms. The molecule has 1 rings (SSSR count). The Bertz CT molecular complexity index is 580. The number of hydrogen-bond donors (Lipinski definition) is 2. The zero-order valence-electron chi connectivity index (χ0n) is 12.5. The third kappa shape index (κ3) is 5.71. The second-order valence-electron chi connectivity index (χ2n) is 4.77. The number of hydrogen-bond acceptors (Lipinski definition) is 5. The van der Waals surface area contributed by atoms with Crippen molar-refractivity contribution in [3.05, 3.63) is 23.8 Å². The molecule has 1 aromatic rings. The van der Waals surface area contributed by atoms with Gasteiger partial charge in [0, 0.05) is 19.0 Å². The number of carboxylic acids is 1. The minimum absolute atomic E-state index is 0.00934. The van der Waals surface area contributed by atoms with E-state index >= 15 is 0 Å². The number of benzene rings is 1. The van der Waals surface area contributed by atoms with Crippen LogP contribution in [0.4, 0.5) is 0 Å². The van der Waals surface area contributed by atoms with E-state index in [0.717, 1.165) is 0 Å². The van der Waals surface area contributed by atoms with Gasteiger partial charge in [-0.15, -0.1) is 0 Å². The number of nitrogens with zero attached hydrogens (tertiary/aromatic N) is 1. The number of carbonyl (C=O) groups is 2. The van der Waals surface area contributed by atoms with E-state index in [9.17, 15) is 9.59 Å². The molecule has 7 heteroatoms. The monoisotopic (exact) mass is 306 g/mol. The SMILES string of the molecule is COc1cc(C#N)ccc1OCC(=O)NCC(C)CC(=O)O. The minimum atomic E-state index is -0.902. The maximum absolute atomic E-state index is 11.7. The second-order valence-corrected chi connectivity index (χ2v) is 4.77. The van der Waals surface area contributed by atoms with E-state index in [0.29, 0.717) is 17.1 Å². The summed E-state index contributed by atoms with van der Waals surface area (Å²) in [6, 6.07) is 6.61. The number of carboxylic acid groups (broad SMARTS) is 1. The fourth-order valence-corrected chi connectivity index (χ4v) is 1.71. The van der Waals surface area contributed by atoms with E-state index in [1.807, 2.05) is 6.07 Å². The first kappa shape index (κ1) is 17.3. The van der Waals surface area contributed by atoms with Gasteiger partial charge in [-0.2, -0.15) is 5.26 Å². The highest BCUT2D eigenvalue weighted by molar-refractivity contribution is 5.77. The van der Waals surface area contributed by atoms with Crippen molar-refractivity contribution in [1.82, 2.24) is 5.32 Å². The summed E-state index contributed by atoms with van der Waals surface area (Å²) in [6.45, 7) is 1.78. The number of aliphatic carboxylic acids is 1. The highest BCUT2D eigenvalue weighted by Gasteiger charge is 2.11. The summed E-state index contributed by atoms with van der Waals surface area (Å²) < 4.78 is 10.4. The first-order chi connectivity index (χ1) is 10.5. The molecule has 0 saturated heterocycles. The Hall–Kier alpha value is -2.75. The molecule has 1 amide bonds. The van der Waals surface area contributed by atoms with Crippen LogP contribution in [0.3, 0.4) is 0 Å². The van der Waals surface area contributed by atoms with Crippen LogP contribution >= 0.6 is 0 Å². The summed E-state index contributed by atoms with van der Waals surface area (Å²) in [5.41, 5.74) is 0.427. The van der Waals surface area contributed by atoms with Crippen LogP contribution in [0.15, 0.2) is 18.2 Å². The molecule has 0 aliphatic heterocycles. The van der Waals surface area contributed by atoms with Gasteiger partial charge in [0.1, 0.15) is 0 Å². The Morgan fingerprint density at radius 3 is 2.73 bits per heavy atom. The predicted molar refractivity (Wildman–Crippen MR) is 77.6 cm³/mol. The number of methoxy groups -OCH3 is 1. The maximum atomic E-state index is 11.7. The van der Waals surface area contributed by atoms with Gasteiger partial charge in [-0.3, -0.25) is 9.59 Å². The van der Waals surface area contributed by atoms with Gasteiger partial charge >= 0.3 is 5.97 Å². The molecule has 0 aliphatic rings. The Morgan fingerprint density at radius 1 is 1.41 bits per heavy atom. The second kappa shape index (κ2) is 8.52. The minimum Gasteiger partial charge on any atom is -0.493 e. The molecule has 1 unspecified atom stereocenters. The third-order valence-electron chi connectivity index (χ3n) is 2.82. The third-order valence-corrected chi connectivity index (χ3v) is 2.82. The van der Waals surface area contributed by atoms with Crippen LogP contribution < -0.4 is 14.8 Å². The normalized spacial score (nSPS) is 11.1. The van der Waals surface area contributed by atoms with Crippen molar-refractivity contribution in [1.29, 1.82) is 5.26 Å². The average molecular weight is 306 g/mol. The number of rotatable bonds is 8. The predicted octanol–water partition coefficient (Wildman–Crippen LogP) is 1.17. The maximum Gasteiger partial charge on any atom is 0.303 e. The lowest BCUT2D eigenvalue weighted by Gasteiger charge is -2.12. The van der Waals surface area contributed by atoms with Crippen molar-refractivity contribution in [2.24, 2.45) is 5.92 Å². The van der Waals surface area contributed by atoms with Crippen LogP contribution in [0, 0.1) is 17.2 Å². The van der Waals surface area contributed by atoms with Crippen molar-refractivity contribution < 1.29 is 24.2 Å². The van der Waals surface area contributed by atoms with E-state index < -0.39 is 5.97 Å². The Morgan fingerprint density at radius 2 is 2.14 bits per heavy atom. The van der Waals surface area contributed by atoms with E-state index in [4.69, 9.17) is 19.8 Å². The Kier molecular flexibility index (Phi) is 6.70. The lowest BCUT2D eigenvalue weighted by atomic mass is 10.1. The highest BCUT2D eigenvalue weighted by atomic mass is 16.5. The molecule has 0 saturated carbocycles. The molecule has 0 spiro atoms. The largest absolute Gasteiger partial charge is 0.493 e. The summed E-state index contributed by atoms with van der Waals surface area (Å²) >= 11 is 0. The molecule has 7 nitrogen and oxygen atoms in total. The topological polar surface area (TPSA) is 109 Å². The summed E-state index contributed by atoms with van der Waals surface area (Å²) in [4.78, 5) is 22.2. The lowest BCUT2D eigenvalue weighted by molar-refractivity contribution is -0.138. The molecule has 0 aliphatic carbocycles. The van der Waals surface area contributed by atoms with Gasteiger partial charge in [-0.05, 0) is 18.1 Å². The number of nitrogens with one attached hydrogen (secondary N) is 1. The van der Waals surface area contributed by atoms with Gasteiger partial charge < -0.3 is 19.9 Å². The highest BCUT2D eigenvalue weighted by Crippen LogP contribution is 2.27. The summed E-state index contributed by atoms with van der Waals surface area (Å²) in [5.74, 6) is -0.698. The number of amides is 1. The quantitative estimate of drug-likeness (QED) is 0.746. The van der Waals surface area contributed by atoms with Crippen molar-refractivity contribution in [2.45, 2.75) is 13.3 Å². The fraction of sp³-hybridized carbons (Fsp3) is 0.400.